The number of rotatable bonds is 5. The first-order chi connectivity index (χ1) is 13.6. The number of primary amides is 1. The van der Waals surface area contributed by atoms with Crippen LogP contribution >= 0.6 is 0 Å². The average molecular weight is 408 g/mol. The predicted molar refractivity (Wildman–Crippen MR) is 101 cm³/mol. The lowest BCUT2D eigenvalue weighted by Gasteiger charge is -2.36. The molecule has 0 atom stereocenters. The van der Waals surface area contributed by atoms with Crippen molar-refractivity contribution in [1.82, 2.24) is 4.90 Å². The number of nitrogens with zero attached hydrogens (tertiary/aromatic N) is 3. The number of nitro groups is 1. The lowest BCUT2D eigenvalue weighted by molar-refractivity contribution is -0.385. The second kappa shape index (κ2) is 8.08. The van der Waals surface area contributed by atoms with E-state index in [-0.39, 0.29) is 11.3 Å². The number of benzene rings is 2. The molecule has 1 aliphatic heterocycles. The summed E-state index contributed by atoms with van der Waals surface area (Å²) in [4.78, 5) is 25.9. The summed E-state index contributed by atoms with van der Waals surface area (Å²) >= 11 is 0. The van der Waals surface area contributed by atoms with Crippen LogP contribution in [0.15, 0.2) is 42.5 Å². The van der Waals surface area contributed by atoms with Crippen molar-refractivity contribution >= 4 is 17.3 Å². The Morgan fingerprint density at radius 2 is 1.79 bits per heavy atom. The zero-order chi connectivity index (χ0) is 21.2. The summed E-state index contributed by atoms with van der Waals surface area (Å²) in [5, 5.41) is 11.3. The van der Waals surface area contributed by atoms with E-state index in [0.717, 1.165) is 18.2 Å². The second-order valence-electron chi connectivity index (χ2n) is 6.78. The monoisotopic (exact) mass is 408 g/mol. The number of amides is 1. The molecule has 0 radical (unpaired) electrons. The van der Waals surface area contributed by atoms with Crippen LogP contribution in [0.5, 0.6) is 0 Å². The number of hydrogen-bond donors (Lipinski definition) is 1. The van der Waals surface area contributed by atoms with Gasteiger partial charge >= 0.3 is 6.18 Å². The fraction of sp³-hybridized carbons (Fsp3) is 0.316. The van der Waals surface area contributed by atoms with E-state index < -0.39 is 22.6 Å². The van der Waals surface area contributed by atoms with Crippen molar-refractivity contribution < 1.29 is 22.9 Å². The molecule has 7 nitrogen and oxygen atoms in total. The maximum absolute atomic E-state index is 12.9. The van der Waals surface area contributed by atoms with Gasteiger partial charge in [0.2, 0.25) is 5.91 Å². The van der Waals surface area contributed by atoms with Crippen molar-refractivity contribution in [3.63, 3.8) is 0 Å². The number of alkyl halides is 3. The number of carbonyl (C=O) groups excluding carboxylic acids is 1. The first-order valence-corrected chi connectivity index (χ1v) is 8.87. The number of nitro benzene ring substituents is 1. The van der Waals surface area contributed by atoms with Gasteiger partial charge in [-0.05, 0) is 24.3 Å². The lowest BCUT2D eigenvalue weighted by atomic mass is 10.1. The third kappa shape index (κ3) is 4.83. The van der Waals surface area contributed by atoms with Crippen molar-refractivity contribution in [3.05, 3.63) is 69.3 Å². The van der Waals surface area contributed by atoms with Crippen LogP contribution in [0.25, 0.3) is 0 Å². The molecule has 2 aromatic rings. The number of nitrogens with two attached hydrogens (primary N) is 1. The Balaban J connectivity index is 1.68. The van der Waals surface area contributed by atoms with Gasteiger partial charge in [-0.15, -0.1) is 0 Å². The van der Waals surface area contributed by atoms with Crippen LogP contribution in [-0.4, -0.2) is 41.9 Å². The minimum atomic E-state index is -4.39. The van der Waals surface area contributed by atoms with Crippen molar-refractivity contribution in [3.8, 4) is 0 Å². The number of hydrogen-bond acceptors (Lipinski definition) is 5. The van der Waals surface area contributed by atoms with Gasteiger partial charge in [-0.2, -0.15) is 13.2 Å². The Kier molecular flexibility index (Phi) is 5.73. The van der Waals surface area contributed by atoms with Crippen molar-refractivity contribution in [2.75, 3.05) is 31.1 Å². The number of piperazine rings is 1. The summed E-state index contributed by atoms with van der Waals surface area (Å²) in [5.41, 5.74) is 5.32. The maximum atomic E-state index is 12.9. The first-order valence-electron chi connectivity index (χ1n) is 8.87. The summed E-state index contributed by atoms with van der Waals surface area (Å²) < 4.78 is 38.7. The topological polar surface area (TPSA) is 92.7 Å². The first kappa shape index (κ1) is 20.6. The minimum Gasteiger partial charge on any atom is -0.369 e. The molecule has 154 valence electrons. The van der Waals surface area contributed by atoms with Gasteiger partial charge in [0, 0.05) is 55.6 Å². The number of halogens is 3. The van der Waals surface area contributed by atoms with E-state index >= 15 is 0 Å². The zero-order valence-electron chi connectivity index (χ0n) is 15.4. The van der Waals surface area contributed by atoms with Crippen molar-refractivity contribution in [2.45, 2.75) is 12.7 Å². The van der Waals surface area contributed by atoms with Gasteiger partial charge in [-0.3, -0.25) is 19.8 Å². The Labute approximate surface area is 164 Å². The molecule has 0 unspecified atom stereocenters. The molecule has 0 aliphatic carbocycles. The zero-order valence-corrected chi connectivity index (χ0v) is 15.4. The quantitative estimate of drug-likeness (QED) is 0.606. The third-order valence-corrected chi connectivity index (χ3v) is 4.87. The van der Waals surface area contributed by atoms with Gasteiger partial charge in [-0.25, -0.2) is 0 Å². The molecular weight excluding hydrogens is 389 g/mol. The minimum absolute atomic E-state index is 0.0646. The molecule has 1 fully saturated rings. The second-order valence-corrected chi connectivity index (χ2v) is 6.78. The molecule has 2 aromatic carbocycles. The molecular formula is C19H19F3N4O3. The number of carbonyl (C=O) groups is 1. The fourth-order valence-electron chi connectivity index (χ4n) is 3.30. The van der Waals surface area contributed by atoms with E-state index in [1.54, 1.807) is 6.07 Å². The highest BCUT2D eigenvalue weighted by Crippen LogP contribution is 2.32. The van der Waals surface area contributed by atoms with Crippen LogP contribution < -0.4 is 10.6 Å². The Morgan fingerprint density at radius 1 is 1.10 bits per heavy atom. The van der Waals surface area contributed by atoms with Crippen molar-refractivity contribution in [2.24, 2.45) is 5.73 Å². The van der Waals surface area contributed by atoms with Crippen LogP contribution in [-0.2, 0) is 12.7 Å². The molecule has 10 heteroatoms. The van der Waals surface area contributed by atoms with Gasteiger partial charge in [0.15, 0.2) is 0 Å². The molecule has 0 aromatic heterocycles. The third-order valence-electron chi connectivity index (χ3n) is 4.87. The van der Waals surface area contributed by atoms with Gasteiger partial charge in [0.05, 0.1) is 10.5 Å². The highest BCUT2D eigenvalue weighted by molar-refractivity contribution is 5.93. The molecule has 1 saturated heterocycles. The molecule has 1 amide bonds. The van der Waals surface area contributed by atoms with E-state index in [9.17, 15) is 28.1 Å². The van der Waals surface area contributed by atoms with E-state index in [1.807, 2.05) is 9.80 Å². The predicted octanol–water partition coefficient (Wildman–Crippen LogP) is 3.03. The Hall–Kier alpha value is -3.14. The summed E-state index contributed by atoms with van der Waals surface area (Å²) in [6.45, 7) is 2.35. The largest absolute Gasteiger partial charge is 0.416 e. The number of anilines is 1. The van der Waals surface area contributed by atoms with E-state index in [4.69, 9.17) is 5.73 Å². The molecule has 1 heterocycles. The molecule has 1 aliphatic rings. The van der Waals surface area contributed by atoms with Crippen LogP contribution in [0.4, 0.5) is 24.5 Å². The van der Waals surface area contributed by atoms with Gasteiger partial charge in [-0.1, -0.05) is 12.1 Å². The highest BCUT2D eigenvalue weighted by Gasteiger charge is 2.31. The normalized spacial score (nSPS) is 15.3. The van der Waals surface area contributed by atoms with E-state index in [1.165, 1.54) is 18.2 Å². The van der Waals surface area contributed by atoms with Crippen LogP contribution in [0, 0.1) is 10.1 Å². The van der Waals surface area contributed by atoms with Gasteiger partial charge in [0.25, 0.3) is 5.69 Å². The van der Waals surface area contributed by atoms with E-state index in [2.05, 4.69) is 0 Å². The van der Waals surface area contributed by atoms with Gasteiger partial charge in [0.1, 0.15) is 0 Å². The van der Waals surface area contributed by atoms with Gasteiger partial charge < -0.3 is 10.6 Å². The summed E-state index contributed by atoms with van der Waals surface area (Å²) in [6.07, 6.45) is -4.39. The summed E-state index contributed by atoms with van der Waals surface area (Å²) in [7, 11) is 0. The smallest absolute Gasteiger partial charge is 0.369 e. The summed E-state index contributed by atoms with van der Waals surface area (Å²) in [5.74, 6) is -0.741. The molecule has 0 bridgehead atoms. The highest BCUT2D eigenvalue weighted by atomic mass is 19.4. The van der Waals surface area contributed by atoms with E-state index in [0.29, 0.717) is 44.0 Å². The Bertz CT molecular complexity index is 925. The molecule has 0 saturated carbocycles. The molecule has 0 spiro atoms. The average Bonchev–Trinajstić information content (AvgIpc) is 2.68. The van der Waals surface area contributed by atoms with Crippen LogP contribution in [0.3, 0.4) is 0 Å². The molecule has 2 N–H and O–H groups in total. The molecule has 3 rings (SSSR count). The van der Waals surface area contributed by atoms with Crippen LogP contribution in [0.1, 0.15) is 21.5 Å². The SMILES string of the molecule is NC(=O)c1ccc(CN2CCN(c3cccc(C(F)(F)F)c3)CC2)c([N+](=O)[O-])c1. The summed E-state index contributed by atoms with van der Waals surface area (Å²) in [6, 6.07) is 9.31. The lowest BCUT2D eigenvalue weighted by Crippen LogP contribution is -2.46. The Morgan fingerprint density at radius 3 is 2.38 bits per heavy atom. The fourth-order valence-corrected chi connectivity index (χ4v) is 3.30. The standard InChI is InChI=1S/C19H19F3N4O3/c20-19(21,22)15-2-1-3-16(11-15)25-8-6-24(7-9-25)12-14-5-4-13(18(23)27)10-17(14)26(28)29/h1-5,10-11H,6-9,12H2,(H2,23,27). The maximum Gasteiger partial charge on any atom is 0.416 e. The van der Waals surface area contributed by atoms with Crippen LogP contribution in [0.2, 0.25) is 0 Å². The molecule has 29 heavy (non-hydrogen) atoms. The van der Waals surface area contributed by atoms with Crippen molar-refractivity contribution in [1.29, 1.82) is 0 Å².